The van der Waals surface area contributed by atoms with E-state index in [-0.39, 0.29) is 12.5 Å². The van der Waals surface area contributed by atoms with Crippen molar-refractivity contribution in [3.8, 4) is 0 Å². The highest BCUT2D eigenvalue weighted by Crippen LogP contribution is 2.09. The minimum absolute atomic E-state index is 0.0303. The van der Waals surface area contributed by atoms with Gasteiger partial charge in [0.05, 0.1) is 6.61 Å². The molecular formula is C11H14ClNO2. The molecule has 0 spiro atoms. The number of aliphatic hydroxyl groups excluding tert-OH is 1. The Balaban J connectivity index is 2.81. The third kappa shape index (κ3) is 3.22. The quantitative estimate of drug-likeness (QED) is 0.792. The summed E-state index contributed by atoms with van der Waals surface area (Å²) in [5.41, 5.74) is 1.52. The van der Waals surface area contributed by atoms with Crippen LogP contribution in [0.5, 0.6) is 0 Å². The molecule has 0 aliphatic rings. The van der Waals surface area contributed by atoms with Gasteiger partial charge in [-0.05, 0) is 17.7 Å². The Hall–Kier alpha value is -1.06. The van der Waals surface area contributed by atoms with E-state index in [9.17, 15) is 4.79 Å². The van der Waals surface area contributed by atoms with Crippen LogP contribution in [0.25, 0.3) is 0 Å². The number of carbonyl (C=O) groups excluding carboxylic acids is 1. The highest BCUT2D eigenvalue weighted by atomic mass is 35.5. The normalized spacial score (nSPS) is 10.1. The number of nitrogens with zero attached hydrogens (tertiary/aromatic N) is 1. The highest BCUT2D eigenvalue weighted by Gasteiger charge is 2.10. The molecule has 1 aromatic rings. The van der Waals surface area contributed by atoms with Crippen LogP contribution in [0.15, 0.2) is 24.3 Å². The van der Waals surface area contributed by atoms with Crippen LogP contribution in [0.1, 0.15) is 15.9 Å². The Kier molecular flexibility index (Phi) is 4.59. The molecule has 1 rings (SSSR count). The van der Waals surface area contributed by atoms with Gasteiger partial charge < -0.3 is 10.0 Å². The maximum Gasteiger partial charge on any atom is 0.253 e. The summed E-state index contributed by atoms with van der Waals surface area (Å²) in [6.45, 7) is 0.307. The Morgan fingerprint density at radius 2 is 2.27 bits per heavy atom. The fourth-order valence-corrected chi connectivity index (χ4v) is 1.43. The maximum absolute atomic E-state index is 11.8. The number of aliphatic hydroxyl groups is 1. The van der Waals surface area contributed by atoms with Gasteiger partial charge in [-0.2, -0.15) is 0 Å². The topological polar surface area (TPSA) is 40.5 Å². The average molecular weight is 228 g/mol. The minimum Gasteiger partial charge on any atom is -0.395 e. The number of carbonyl (C=O) groups is 1. The number of alkyl halides is 1. The zero-order valence-electron chi connectivity index (χ0n) is 8.61. The molecule has 3 nitrogen and oxygen atoms in total. The Bertz CT molecular complexity index is 341. The number of halogens is 1. The van der Waals surface area contributed by atoms with E-state index in [2.05, 4.69) is 0 Å². The lowest BCUT2D eigenvalue weighted by molar-refractivity contribution is 0.0767. The van der Waals surface area contributed by atoms with Crippen LogP contribution in [0.4, 0.5) is 0 Å². The van der Waals surface area contributed by atoms with Crippen molar-refractivity contribution in [2.75, 3.05) is 20.2 Å². The van der Waals surface area contributed by atoms with E-state index in [0.717, 1.165) is 5.56 Å². The maximum atomic E-state index is 11.8. The van der Waals surface area contributed by atoms with Gasteiger partial charge >= 0.3 is 0 Å². The molecule has 0 fully saturated rings. The van der Waals surface area contributed by atoms with Gasteiger partial charge in [0.25, 0.3) is 5.91 Å². The van der Waals surface area contributed by atoms with Gasteiger partial charge in [-0.1, -0.05) is 12.1 Å². The summed E-state index contributed by atoms with van der Waals surface area (Å²) in [5.74, 6) is 0.293. The fourth-order valence-electron chi connectivity index (χ4n) is 1.26. The first-order valence-corrected chi connectivity index (χ1v) is 5.23. The SMILES string of the molecule is CN(CCO)C(=O)c1cccc(CCl)c1. The van der Waals surface area contributed by atoms with Crippen LogP contribution < -0.4 is 0 Å². The highest BCUT2D eigenvalue weighted by molar-refractivity contribution is 6.17. The third-order valence-electron chi connectivity index (χ3n) is 2.11. The predicted molar refractivity (Wildman–Crippen MR) is 60.0 cm³/mol. The smallest absolute Gasteiger partial charge is 0.253 e. The Morgan fingerprint density at radius 3 is 2.87 bits per heavy atom. The number of hydrogen-bond acceptors (Lipinski definition) is 2. The van der Waals surface area contributed by atoms with Gasteiger partial charge in [0.2, 0.25) is 0 Å². The van der Waals surface area contributed by atoms with E-state index in [1.807, 2.05) is 6.07 Å². The van der Waals surface area contributed by atoms with E-state index >= 15 is 0 Å². The van der Waals surface area contributed by atoms with Crippen molar-refractivity contribution < 1.29 is 9.90 Å². The summed E-state index contributed by atoms with van der Waals surface area (Å²) in [6, 6.07) is 7.18. The molecule has 4 heteroatoms. The molecule has 0 aliphatic heterocycles. The first-order valence-electron chi connectivity index (χ1n) is 4.70. The van der Waals surface area contributed by atoms with E-state index in [1.54, 1.807) is 25.2 Å². The summed E-state index contributed by atoms with van der Waals surface area (Å²) in [7, 11) is 1.66. The van der Waals surface area contributed by atoms with Crippen molar-refractivity contribution in [2.45, 2.75) is 5.88 Å². The molecule has 0 atom stereocenters. The molecule has 15 heavy (non-hydrogen) atoms. The van der Waals surface area contributed by atoms with E-state index in [1.165, 1.54) is 4.90 Å². The molecule has 1 N–H and O–H groups in total. The van der Waals surface area contributed by atoms with Crippen LogP contribution in [-0.2, 0) is 5.88 Å². The molecule has 0 heterocycles. The lowest BCUT2D eigenvalue weighted by atomic mass is 10.1. The zero-order chi connectivity index (χ0) is 11.3. The van der Waals surface area contributed by atoms with Gasteiger partial charge in [-0.3, -0.25) is 4.79 Å². The molecule has 0 aromatic heterocycles. The van der Waals surface area contributed by atoms with Crippen LogP contribution in [0, 0.1) is 0 Å². The largest absolute Gasteiger partial charge is 0.395 e. The molecule has 0 saturated carbocycles. The van der Waals surface area contributed by atoms with E-state index in [4.69, 9.17) is 16.7 Å². The van der Waals surface area contributed by atoms with E-state index in [0.29, 0.717) is 18.0 Å². The van der Waals surface area contributed by atoms with Gasteiger partial charge in [-0.15, -0.1) is 11.6 Å². The van der Waals surface area contributed by atoms with Crippen LogP contribution in [-0.4, -0.2) is 36.1 Å². The van der Waals surface area contributed by atoms with Gasteiger partial charge in [0.15, 0.2) is 0 Å². The van der Waals surface area contributed by atoms with Crippen molar-refractivity contribution in [2.24, 2.45) is 0 Å². The first-order chi connectivity index (χ1) is 7.19. The monoisotopic (exact) mass is 227 g/mol. The van der Waals surface area contributed by atoms with Crippen LogP contribution in [0.3, 0.4) is 0 Å². The summed E-state index contributed by atoms with van der Waals surface area (Å²) in [6.07, 6.45) is 0. The summed E-state index contributed by atoms with van der Waals surface area (Å²) in [5, 5.41) is 8.72. The zero-order valence-corrected chi connectivity index (χ0v) is 9.37. The molecule has 1 aromatic carbocycles. The standard InChI is InChI=1S/C11H14ClNO2/c1-13(5-6-14)11(15)10-4-2-3-9(7-10)8-12/h2-4,7,14H,5-6,8H2,1H3. The van der Waals surface area contributed by atoms with E-state index < -0.39 is 0 Å². The third-order valence-corrected chi connectivity index (χ3v) is 2.42. The molecule has 0 saturated heterocycles. The minimum atomic E-state index is -0.101. The molecule has 0 unspecified atom stereocenters. The Labute approximate surface area is 94.3 Å². The molecule has 0 radical (unpaired) electrons. The second-order valence-corrected chi connectivity index (χ2v) is 3.55. The van der Waals surface area contributed by atoms with Crippen molar-refractivity contribution in [3.05, 3.63) is 35.4 Å². The van der Waals surface area contributed by atoms with Crippen molar-refractivity contribution in [1.82, 2.24) is 4.90 Å². The van der Waals surface area contributed by atoms with Crippen molar-refractivity contribution in [3.63, 3.8) is 0 Å². The van der Waals surface area contributed by atoms with Crippen LogP contribution in [0.2, 0.25) is 0 Å². The number of likely N-dealkylation sites (N-methyl/N-ethyl adjacent to an activating group) is 1. The molecular weight excluding hydrogens is 214 g/mol. The lowest BCUT2D eigenvalue weighted by Gasteiger charge is -2.15. The molecule has 82 valence electrons. The number of hydrogen-bond donors (Lipinski definition) is 1. The number of amides is 1. The van der Waals surface area contributed by atoms with Crippen molar-refractivity contribution >= 4 is 17.5 Å². The summed E-state index contributed by atoms with van der Waals surface area (Å²) in [4.78, 5) is 13.3. The lowest BCUT2D eigenvalue weighted by Crippen LogP contribution is -2.29. The second-order valence-electron chi connectivity index (χ2n) is 3.28. The molecule has 0 bridgehead atoms. The summed E-state index contributed by atoms with van der Waals surface area (Å²) < 4.78 is 0. The van der Waals surface area contributed by atoms with Gasteiger partial charge in [0, 0.05) is 25.0 Å². The predicted octanol–water partition coefficient (Wildman–Crippen LogP) is 1.49. The number of rotatable bonds is 4. The molecule has 0 aliphatic carbocycles. The van der Waals surface area contributed by atoms with Gasteiger partial charge in [-0.25, -0.2) is 0 Å². The first kappa shape index (κ1) is 12.0. The van der Waals surface area contributed by atoms with Crippen molar-refractivity contribution in [1.29, 1.82) is 0 Å². The van der Waals surface area contributed by atoms with Crippen LogP contribution >= 0.6 is 11.6 Å². The number of benzene rings is 1. The Morgan fingerprint density at radius 1 is 1.53 bits per heavy atom. The summed E-state index contributed by atoms with van der Waals surface area (Å²) >= 11 is 5.68. The molecule has 1 amide bonds. The average Bonchev–Trinajstić information content (AvgIpc) is 2.28. The fraction of sp³-hybridized carbons (Fsp3) is 0.364. The van der Waals surface area contributed by atoms with Gasteiger partial charge in [0.1, 0.15) is 0 Å². The second kappa shape index (κ2) is 5.73.